The van der Waals surface area contributed by atoms with Gasteiger partial charge in [-0.25, -0.2) is 0 Å². The van der Waals surface area contributed by atoms with E-state index in [4.69, 9.17) is 0 Å². The van der Waals surface area contributed by atoms with Crippen LogP contribution < -0.4 is 16.0 Å². The minimum atomic E-state index is -0.138. The van der Waals surface area contributed by atoms with Gasteiger partial charge >= 0.3 is 0 Å². The van der Waals surface area contributed by atoms with Crippen LogP contribution in [0.25, 0.3) is 0 Å². The molecular weight excluding hydrogens is 302 g/mol. The number of hydrogen-bond acceptors (Lipinski definition) is 2. The van der Waals surface area contributed by atoms with E-state index in [0.717, 1.165) is 12.8 Å². The summed E-state index contributed by atoms with van der Waals surface area (Å²) < 4.78 is 0. The van der Waals surface area contributed by atoms with E-state index in [1.165, 1.54) is 11.1 Å². The maximum absolute atomic E-state index is 12.0. The fourth-order valence-electron chi connectivity index (χ4n) is 2.58. The molecule has 0 bridgehead atoms. The highest BCUT2D eigenvalue weighted by molar-refractivity contribution is 5.84. The Labute approximate surface area is 145 Å². The molecule has 24 heavy (non-hydrogen) atoms. The van der Waals surface area contributed by atoms with Crippen molar-refractivity contribution >= 4 is 11.8 Å². The summed E-state index contributed by atoms with van der Waals surface area (Å²) in [5.74, 6) is 0.163. The van der Waals surface area contributed by atoms with Crippen LogP contribution in [0.2, 0.25) is 0 Å². The smallest absolute Gasteiger partial charge is 0.275 e. The summed E-state index contributed by atoms with van der Waals surface area (Å²) in [6.45, 7) is 9.46. The third-order valence-electron chi connectivity index (χ3n) is 4.07. The second-order valence-electron chi connectivity index (χ2n) is 6.43. The standard InChI is InChI=1S/C19H31N3O2/c1-5-11-20-17(23)12-21-18(24)13-22-19(14(3)4)16-9-7-15(6-2)8-10-16/h7-10,14,19,22H,5-6,11-13H2,1-4H3,(H,20,23)(H,21,24)/p+1/t19-/m1/s1. The molecule has 5 heteroatoms. The summed E-state index contributed by atoms with van der Waals surface area (Å²) in [5, 5.41) is 7.46. The Balaban J connectivity index is 2.48. The second kappa shape index (κ2) is 10.8. The third-order valence-corrected chi connectivity index (χ3v) is 4.07. The Morgan fingerprint density at radius 3 is 2.25 bits per heavy atom. The van der Waals surface area contributed by atoms with Gasteiger partial charge in [-0.05, 0) is 18.4 Å². The van der Waals surface area contributed by atoms with Crippen molar-refractivity contribution in [3.63, 3.8) is 0 Å². The largest absolute Gasteiger partial charge is 0.355 e. The zero-order valence-electron chi connectivity index (χ0n) is 15.4. The van der Waals surface area contributed by atoms with Gasteiger partial charge in [-0.15, -0.1) is 0 Å². The lowest BCUT2D eigenvalue weighted by Gasteiger charge is -2.19. The monoisotopic (exact) mass is 334 g/mol. The average molecular weight is 334 g/mol. The van der Waals surface area contributed by atoms with Crippen molar-refractivity contribution in [1.29, 1.82) is 0 Å². The molecule has 0 aliphatic heterocycles. The van der Waals surface area contributed by atoms with Crippen molar-refractivity contribution in [2.24, 2.45) is 5.92 Å². The first kappa shape index (κ1) is 20.2. The van der Waals surface area contributed by atoms with E-state index in [9.17, 15) is 9.59 Å². The molecule has 5 nitrogen and oxygen atoms in total. The average Bonchev–Trinajstić information content (AvgIpc) is 2.58. The maximum atomic E-state index is 12.0. The molecule has 0 unspecified atom stereocenters. The number of nitrogens with two attached hydrogens (primary N) is 1. The summed E-state index contributed by atoms with van der Waals surface area (Å²) >= 11 is 0. The number of carbonyl (C=O) groups excluding carboxylic acids is 2. The normalized spacial score (nSPS) is 12.0. The van der Waals surface area contributed by atoms with Crippen LogP contribution in [0.1, 0.15) is 51.3 Å². The van der Waals surface area contributed by atoms with E-state index in [-0.39, 0.29) is 24.4 Å². The predicted molar refractivity (Wildman–Crippen MR) is 96.5 cm³/mol. The lowest BCUT2D eigenvalue weighted by Crippen LogP contribution is -2.88. The van der Waals surface area contributed by atoms with Crippen LogP contribution in [-0.2, 0) is 16.0 Å². The van der Waals surface area contributed by atoms with Crippen LogP contribution in [0.4, 0.5) is 0 Å². The Kier molecular flexibility index (Phi) is 9.08. The zero-order valence-corrected chi connectivity index (χ0v) is 15.4. The Morgan fingerprint density at radius 1 is 1.04 bits per heavy atom. The van der Waals surface area contributed by atoms with E-state index in [0.29, 0.717) is 19.0 Å². The third kappa shape index (κ3) is 7.13. The first-order valence-electron chi connectivity index (χ1n) is 8.93. The van der Waals surface area contributed by atoms with Crippen molar-refractivity contribution in [2.45, 2.75) is 46.6 Å². The molecule has 0 radical (unpaired) electrons. The number of amides is 2. The topological polar surface area (TPSA) is 74.8 Å². The van der Waals surface area contributed by atoms with Gasteiger partial charge < -0.3 is 16.0 Å². The number of nitrogens with one attached hydrogen (secondary N) is 2. The Morgan fingerprint density at radius 2 is 1.71 bits per heavy atom. The van der Waals surface area contributed by atoms with E-state index in [2.05, 4.69) is 55.7 Å². The molecular formula is C19H32N3O2+. The van der Waals surface area contributed by atoms with Crippen LogP contribution in [-0.4, -0.2) is 31.4 Å². The van der Waals surface area contributed by atoms with Crippen LogP contribution in [0.5, 0.6) is 0 Å². The molecule has 0 aliphatic rings. The molecule has 0 saturated heterocycles. The zero-order chi connectivity index (χ0) is 17.9. The molecule has 0 aromatic heterocycles. The highest BCUT2D eigenvalue weighted by Gasteiger charge is 2.20. The summed E-state index contributed by atoms with van der Waals surface area (Å²) in [4.78, 5) is 23.5. The number of rotatable bonds is 10. The van der Waals surface area contributed by atoms with E-state index >= 15 is 0 Å². The van der Waals surface area contributed by atoms with Crippen molar-refractivity contribution in [3.8, 4) is 0 Å². The van der Waals surface area contributed by atoms with Crippen molar-refractivity contribution in [3.05, 3.63) is 35.4 Å². The molecule has 0 saturated carbocycles. The number of benzene rings is 1. The Bertz CT molecular complexity index is 512. The van der Waals surface area contributed by atoms with Crippen LogP contribution in [0, 0.1) is 5.92 Å². The molecule has 0 aliphatic carbocycles. The first-order chi connectivity index (χ1) is 11.5. The molecule has 1 aromatic carbocycles. The minimum Gasteiger partial charge on any atom is -0.355 e. The molecule has 0 fully saturated rings. The van der Waals surface area contributed by atoms with Crippen LogP contribution >= 0.6 is 0 Å². The fourth-order valence-corrected chi connectivity index (χ4v) is 2.58. The highest BCUT2D eigenvalue weighted by Crippen LogP contribution is 2.18. The van der Waals surface area contributed by atoms with Crippen molar-refractivity contribution in [2.75, 3.05) is 19.6 Å². The highest BCUT2D eigenvalue weighted by atomic mass is 16.2. The summed E-state index contributed by atoms with van der Waals surface area (Å²) in [6, 6.07) is 8.83. The van der Waals surface area contributed by atoms with Crippen LogP contribution in [0.15, 0.2) is 24.3 Å². The van der Waals surface area contributed by atoms with Crippen molar-refractivity contribution < 1.29 is 14.9 Å². The number of aryl methyl sites for hydroxylation is 1. The summed E-state index contributed by atoms with van der Waals surface area (Å²) in [5.41, 5.74) is 2.55. The van der Waals surface area contributed by atoms with Gasteiger partial charge in [0.05, 0.1) is 6.54 Å². The van der Waals surface area contributed by atoms with Gasteiger partial charge in [0.1, 0.15) is 6.04 Å². The van der Waals surface area contributed by atoms with E-state index < -0.39 is 0 Å². The lowest BCUT2D eigenvalue weighted by molar-refractivity contribution is -0.692. The minimum absolute atomic E-state index is 0.0458. The number of quaternary nitrogens is 1. The van der Waals surface area contributed by atoms with Gasteiger partial charge in [0, 0.05) is 18.0 Å². The van der Waals surface area contributed by atoms with Gasteiger partial charge in [0.25, 0.3) is 5.91 Å². The van der Waals surface area contributed by atoms with Crippen LogP contribution in [0.3, 0.4) is 0 Å². The summed E-state index contributed by atoms with van der Waals surface area (Å²) in [7, 11) is 0. The number of hydrogen-bond donors (Lipinski definition) is 3. The van der Waals surface area contributed by atoms with Crippen molar-refractivity contribution in [1.82, 2.24) is 10.6 Å². The molecule has 2 amide bonds. The van der Waals surface area contributed by atoms with E-state index in [1.54, 1.807) is 0 Å². The Hall–Kier alpha value is -1.88. The van der Waals surface area contributed by atoms with Gasteiger partial charge in [-0.1, -0.05) is 52.0 Å². The molecule has 134 valence electrons. The molecule has 0 spiro atoms. The molecule has 1 atom stereocenters. The van der Waals surface area contributed by atoms with Gasteiger partial charge in [0.15, 0.2) is 6.54 Å². The van der Waals surface area contributed by atoms with Gasteiger partial charge in [-0.3, -0.25) is 9.59 Å². The fraction of sp³-hybridized carbons (Fsp3) is 0.579. The first-order valence-corrected chi connectivity index (χ1v) is 8.93. The molecule has 1 rings (SSSR count). The molecule has 4 N–H and O–H groups in total. The summed E-state index contributed by atoms with van der Waals surface area (Å²) in [6.07, 6.45) is 1.92. The number of carbonyl (C=O) groups is 2. The SMILES string of the molecule is CCCNC(=O)CNC(=O)C[NH2+][C@@H](c1ccc(CC)cc1)C(C)C. The predicted octanol–water partition coefficient (Wildman–Crippen LogP) is 1.15. The second-order valence-corrected chi connectivity index (χ2v) is 6.43. The molecule has 0 heterocycles. The maximum Gasteiger partial charge on any atom is 0.275 e. The van der Waals surface area contributed by atoms with E-state index in [1.807, 2.05) is 12.2 Å². The van der Waals surface area contributed by atoms with Gasteiger partial charge in [-0.2, -0.15) is 0 Å². The van der Waals surface area contributed by atoms with Gasteiger partial charge in [0.2, 0.25) is 5.91 Å². The quantitative estimate of drug-likeness (QED) is 0.600. The lowest BCUT2D eigenvalue weighted by atomic mass is 9.95. The molecule has 1 aromatic rings.